The third-order valence-corrected chi connectivity index (χ3v) is 5.01. The summed E-state index contributed by atoms with van der Waals surface area (Å²) < 4.78 is 48.1. The summed E-state index contributed by atoms with van der Waals surface area (Å²) in [6, 6.07) is 2.87. The number of pyridine rings is 1. The normalized spacial score (nSPS) is 20.8. The molecule has 1 aromatic rings. The second-order valence-corrected chi connectivity index (χ2v) is 7.49. The lowest BCUT2D eigenvalue weighted by Crippen LogP contribution is -2.52. The van der Waals surface area contributed by atoms with E-state index in [1.54, 1.807) is 26.2 Å². The first kappa shape index (κ1) is 19.0. The standard InChI is InChI=1S/C19H28FN3O6/c1-13(7-24)21-17(25)15-3-4-16(23-5-14(6-23)26-2)18(22-15)29-11-19(8-27-9-19)10-28-12-20/h3-4,13-14,24H,5-12H2,1-2H3,(H,21,25)/t13-/m0/s1/i12D2. The molecule has 1 aromatic heterocycles. The molecule has 0 spiro atoms. The highest BCUT2D eigenvalue weighted by Gasteiger charge is 2.41. The van der Waals surface area contributed by atoms with E-state index in [2.05, 4.69) is 15.0 Å². The number of carbonyl (C=O) groups is 1. The number of hydrogen-bond donors (Lipinski definition) is 2. The van der Waals surface area contributed by atoms with Crippen LogP contribution in [0.25, 0.3) is 0 Å². The fraction of sp³-hybridized carbons (Fsp3) is 0.684. The van der Waals surface area contributed by atoms with Gasteiger partial charge >= 0.3 is 0 Å². The van der Waals surface area contributed by atoms with Crippen LogP contribution in [0.15, 0.2) is 12.1 Å². The molecule has 1 amide bonds. The van der Waals surface area contributed by atoms with Crippen LogP contribution in [0.5, 0.6) is 5.88 Å². The molecule has 0 unspecified atom stereocenters. The van der Waals surface area contributed by atoms with Crippen LogP contribution in [0, 0.1) is 5.41 Å². The van der Waals surface area contributed by atoms with E-state index in [1.165, 1.54) is 0 Å². The predicted octanol–water partition coefficient (Wildman–Crippen LogP) is 0.366. The van der Waals surface area contributed by atoms with Gasteiger partial charge in [-0.1, -0.05) is 0 Å². The Bertz CT molecular complexity index is 772. The molecule has 0 radical (unpaired) electrons. The number of carbonyl (C=O) groups excluding carboxylic acids is 1. The number of ether oxygens (including phenoxy) is 4. The van der Waals surface area contributed by atoms with Crippen LogP contribution in [-0.2, 0) is 14.2 Å². The molecule has 1 atom stereocenters. The molecular formula is C19H28FN3O6. The number of nitrogens with zero attached hydrogens (tertiary/aromatic N) is 2. The highest BCUT2D eigenvalue weighted by Crippen LogP contribution is 2.34. The van der Waals surface area contributed by atoms with Gasteiger partial charge in [-0.15, -0.1) is 0 Å². The van der Waals surface area contributed by atoms with Crippen LogP contribution >= 0.6 is 0 Å². The molecule has 2 N–H and O–H groups in total. The van der Waals surface area contributed by atoms with E-state index in [0.717, 1.165) is 0 Å². The lowest BCUT2D eigenvalue weighted by atomic mass is 9.88. The largest absolute Gasteiger partial charge is 0.475 e. The lowest BCUT2D eigenvalue weighted by Gasteiger charge is -2.42. The number of rotatable bonds is 11. The number of halogens is 1. The number of hydrogen-bond acceptors (Lipinski definition) is 8. The van der Waals surface area contributed by atoms with E-state index in [4.69, 9.17) is 22.1 Å². The summed E-state index contributed by atoms with van der Waals surface area (Å²) in [7, 11) is 1.64. The van der Waals surface area contributed by atoms with Crippen LogP contribution in [-0.4, -0.2) is 88.2 Å². The van der Waals surface area contributed by atoms with Gasteiger partial charge in [0.25, 0.3) is 5.91 Å². The van der Waals surface area contributed by atoms with Crippen molar-refractivity contribution in [3.8, 4) is 5.88 Å². The number of aliphatic hydroxyl groups is 1. The van der Waals surface area contributed by atoms with Gasteiger partial charge < -0.3 is 34.3 Å². The molecule has 2 aliphatic rings. The molecule has 162 valence electrons. The second kappa shape index (κ2) is 9.66. The molecule has 0 aliphatic carbocycles. The molecule has 0 bridgehead atoms. The first-order valence-corrected chi connectivity index (χ1v) is 9.39. The molecule has 2 fully saturated rings. The minimum absolute atomic E-state index is 0.0444. The van der Waals surface area contributed by atoms with Crippen molar-refractivity contribution in [1.29, 1.82) is 0 Å². The smallest absolute Gasteiger partial charge is 0.270 e. The van der Waals surface area contributed by atoms with Crippen LogP contribution in [0.2, 0.25) is 0 Å². The zero-order valence-corrected chi connectivity index (χ0v) is 16.5. The molecule has 3 rings (SSSR count). The van der Waals surface area contributed by atoms with Crippen molar-refractivity contribution in [3.63, 3.8) is 0 Å². The maximum atomic E-state index is 13.1. The van der Waals surface area contributed by atoms with E-state index in [0.29, 0.717) is 18.8 Å². The number of amides is 1. The van der Waals surface area contributed by atoms with Crippen molar-refractivity contribution in [2.45, 2.75) is 19.1 Å². The van der Waals surface area contributed by atoms with Gasteiger partial charge in [0, 0.05) is 26.2 Å². The first-order chi connectivity index (χ1) is 14.6. The maximum absolute atomic E-state index is 13.1. The summed E-state index contributed by atoms with van der Waals surface area (Å²) in [6.07, 6.45) is 0.0905. The average molecular weight is 415 g/mol. The minimum Gasteiger partial charge on any atom is -0.475 e. The van der Waals surface area contributed by atoms with Gasteiger partial charge in [0.05, 0.1) is 40.7 Å². The molecular weight excluding hydrogens is 385 g/mol. The molecule has 9 nitrogen and oxygen atoms in total. The predicted molar refractivity (Wildman–Crippen MR) is 102 cm³/mol. The zero-order chi connectivity index (χ0) is 22.6. The van der Waals surface area contributed by atoms with Crippen LogP contribution in [0.1, 0.15) is 20.2 Å². The van der Waals surface area contributed by atoms with Gasteiger partial charge in [0.1, 0.15) is 18.0 Å². The molecule has 2 aliphatic heterocycles. The monoisotopic (exact) mass is 415 g/mol. The molecule has 2 saturated heterocycles. The van der Waals surface area contributed by atoms with Gasteiger partial charge in [-0.05, 0) is 19.1 Å². The Balaban J connectivity index is 1.75. The summed E-state index contributed by atoms with van der Waals surface area (Å²) in [5.74, 6) is -0.236. The number of methoxy groups -OCH3 is 1. The Morgan fingerprint density at radius 2 is 2.28 bits per heavy atom. The number of alkyl halides is 1. The number of aliphatic hydroxyl groups excluding tert-OH is 1. The van der Waals surface area contributed by atoms with Crippen molar-refractivity contribution >= 4 is 11.6 Å². The van der Waals surface area contributed by atoms with Crippen molar-refractivity contribution in [1.82, 2.24) is 10.3 Å². The fourth-order valence-corrected chi connectivity index (χ4v) is 3.03. The Labute approximate surface area is 171 Å². The number of nitrogens with one attached hydrogen (secondary N) is 1. The average Bonchev–Trinajstić information content (AvgIpc) is 2.65. The van der Waals surface area contributed by atoms with E-state index in [-0.39, 0.29) is 50.7 Å². The van der Waals surface area contributed by atoms with E-state index < -0.39 is 24.2 Å². The van der Waals surface area contributed by atoms with Gasteiger partial charge in [0.15, 0.2) is 6.81 Å². The number of aromatic nitrogens is 1. The maximum Gasteiger partial charge on any atom is 0.270 e. The third kappa shape index (κ3) is 5.13. The van der Waals surface area contributed by atoms with E-state index in [1.807, 2.05) is 4.90 Å². The molecule has 0 aromatic carbocycles. The van der Waals surface area contributed by atoms with Gasteiger partial charge in [-0.2, -0.15) is 0 Å². The quantitative estimate of drug-likeness (QED) is 0.534. The lowest BCUT2D eigenvalue weighted by molar-refractivity contribution is -0.171. The van der Waals surface area contributed by atoms with Crippen LogP contribution in [0.3, 0.4) is 0 Å². The highest BCUT2D eigenvalue weighted by atomic mass is 19.1. The van der Waals surface area contributed by atoms with Crippen LogP contribution in [0.4, 0.5) is 10.1 Å². The summed E-state index contributed by atoms with van der Waals surface area (Å²) in [4.78, 5) is 18.8. The van der Waals surface area contributed by atoms with Crippen molar-refractivity contribution in [2.24, 2.45) is 5.41 Å². The van der Waals surface area contributed by atoms with Crippen molar-refractivity contribution in [3.05, 3.63) is 17.8 Å². The first-order valence-electron chi connectivity index (χ1n) is 10.4. The summed E-state index contributed by atoms with van der Waals surface area (Å²) in [5, 5.41) is 11.8. The Hall–Kier alpha value is -2.01. The molecule has 29 heavy (non-hydrogen) atoms. The molecule has 3 heterocycles. The summed E-state index contributed by atoms with van der Waals surface area (Å²) in [6.45, 7) is -0.243. The van der Waals surface area contributed by atoms with Gasteiger partial charge in [0.2, 0.25) is 5.88 Å². The number of anilines is 1. The second-order valence-electron chi connectivity index (χ2n) is 7.49. The van der Waals surface area contributed by atoms with E-state index in [9.17, 15) is 9.18 Å². The minimum atomic E-state index is -3.25. The Morgan fingerprint density at radius 1 is 1.52 bits per heavy atom. The SMILES string of the molecule is [2H]C([2H])(F)OCC1(COc2nc(C(=O)N[C@@H](C)CO)ccc2N2CC(OC)C2)COC1. The summed E-state index contributed by atoms with van der Waals surface area (Å²) in [5.41, 5.74) is 0.0850. The zero-order valence-electron chi connectivity index (χ0n) is 18.5. The molecule has 0 saturated carbocycles. The molecule has 10 heteroatoms. The van der Waals surface area contributed by atoms with Crippen molar-refractivity contribution < 1.29 is 36.0 Å². The summed E-state index contributed by atoms with van der Waals surface area (Å²) >= 11 is 0. The van der Waals surface area contributed by atoms with Crippen molar-refractivity contribution in [2.75, 3.05) is 64.9 Å². The third-order valence-electron chi connectivity index (χ3n) is 5.01. The highest BCUT2D eigenvalue weighted by molar-refractivity contribution is 5.93. The van der Waals surface area contributed by atoms with Gasteiger partial charge in [-0.25, -0.2) is 9.37 Å². The topological polar surface area (TPSA) is 102 Å². The van der Waals surface area contributed by atoms with E-state index >= 15 is 0 Å². The van der Waals surface area contributed by atoms with Gasteiger partial charge in [-0.3, -0.25) is 4.79 Å². The fourth-order valence-electron chi connectivity index (χ4n) is 3.03. The Morgan fingerprint density at radius 3 is 2.86 bits per heavy atom. The van der Waals surface area contributed by atoms with Crippen LogP contribution < -0.4 is 15.0 Å². The Kier molecular flexibility index (Phi) is 6.32.